The number of aromatic nitrogens is 2. The molecule has 2 N–H and O–H groups in total. The molecule has 7 heteroatoms. The molecule has 2 heterocycles. The van der Waals surface area contributed by atoms with E-state index in [1.807, 2.05) is 12.1 Å². The molecule has 2 aromatic rings. The molecule has 0 fully saturated rings. The maximum atomic E-state index is 12.3. The van der Waals surface area contributed by atoms with Gasteiger partial charge in [0.2, 0.25) is 5.91 Å². The molecule has 0 bridgehead atoms. The van der Waals surface area contributed by atoms with Gasteiger partial charge in [-0.25, -0.2) is 4.98 Å². The molecular weight excluding hydrogens is 338 g/mol. The van der Waals surface area contributed by atoms with Crippen LogP contribution in [0, 0.1) is 6.92 Å². The van der Waals surface area contributed by atoms with Crippen molar-refractivity contribution in [3.8, 4) is 5.75 Å². The van der Waals surface area contributed by atoms with Gasteiger partial charge in [-0.05, 0) is 43.9 Å². The van der Waals surface area contributed by atoms with Gasteiger partial charge in [-0.15, -0.1) is 0 Å². The highest BCUT2D eigenvalue weighted by Crippen LogP contribution is 2.25. The van der Waals surface area contributed by atoms with Crippen molar-refractivity contribution in [2.24, 2.45) is 0 Å². The van der Waals surface area contributed by atoms with Crippen LogP contribution in [0.3, 0.4) is 0 Å². The Kier molecular flexibility index (Phi) is 5.43. The molecule has 1 atom stereocenters. The summed E-state index contributed by atoms with van der Waals surface area (Å²) >= 11 is 1.24. The number of thioether (sulfide) groups is 1. The summed E-state index contributed by atoms with van der Waals surface area (Å²) in [7, 11) is 0. The van der Waals surface area contributed by atoms with Crippen LogP contribution in [0.1, 0.15) is 30.2 Å². The first kappa shape index (κ1) is 17.5. The van der Waals surface area contributed by atoms with Gasteiger partial charge < -0.3 is 15.0 Å². The van der Waals surface area contributed by atoms with Crippen LogP contribution in [0.5, 0.6) is 5.75 Å². The van der Waals surface area contributed by atoms with E-state index in [0.29, 0.717) is 17.4 Å². The van der Waals surface area contributed by atoms with Gasteiger partial charge in [0, 0.05) is 18.3 Å². The highest BCUT2D eigenvalue weighted by molar-refractivity contribution is 8.00. The third-order valence-electron chi connectivity index (χ3n) is 3.95. The number of amides is 1. The molecule has 3 rings (SSSR count). The molecule has 0 radical (unpaired) electrons. The third-order valence-corrected chi connectivity index (χ3v) is 4.93. The lowest BCUT2D eigenvalue weighted by Crippen LogP contribution is -2.30. The average Bonchev–Trinajstić information content (AvgIpc) is 2.58. The molecule has 1 aliphatic heterocycles. The molecule has 0 unspecified atom stereocenters. The summed E-state index contributed by atoms with van der Waals surface area (Å²) in [5.41, 5.74) is 2.67. The lowest BCUT2D eigenvalue weighted by molar-refractivity contribution is -0.120. The zero-order chi connectivity index (χ0) is 17.8. The van der Waals surface area contributed by atoms with Crippen molar-refractivity contribution in [3.05, 3.63) is 51.4 Å². The molecule has 0 saturated heterocycles. The normalized spacial score (nSPS) is 14.3. The van der Waals surface area contributed by atoms with E-state index in [9.17, 15) is 9.59 Å². The largest absolute Gasteiger partial charge is 0.493 e. The topological polar surface area (TPSA) is 84.1 Å². The third kappa shape index (κ3) is 4.63. The number of nitrogens with zero attached hydrogens (tertiary/aromatic N) is 1. The van der Waals surface area contributed by atoms with Gasteiger partial charge in [-0.1, -0.05) is 23.9 Å². The zero-order valence-corrected chi connectivity index (χ0v) is 15.1. The van der Waals surface area contributed by atoms with Gasteiger partial charge in [-0.2, -0.15) is 0 Å². The molecule has 1 aromatic heterocycles. The van der Waals surface area contributed by atoms with E-state index in [2.05, 4.69) is 21.4 Å². The average molecular weight is 359 g/mol. The number of carbonyl (C=O) groups is 1. The lowest BCUT2D eigenvalue weighted by atomic mass is 10.0. The predicted molar refractivity (Wildman–Crippen MR) is 97.0 cm³/mol. The van der Waals surface area contributed by atoms with Crippen molar-refractivity contribution < 1.29 is 9.53 Å². The molecule has 0 aliphatic carbocycles. The van der Waals surface area contributed by atoms with Gasteiger partial charge in [0.15, 0.2) is 5.16 Å². The van der Waals surface area contributed by atoms with Crippen molar-refractivity contribution >= 4 is 17.7 Å². The van der Waals surface area contributed by atoms with E-state index in [1.54, 1.807) is 13.8 Å². The summed E-state index contributed by atoms with van der Waals surface area (Å²) in [5, 5.41) is 3.04. The highest BCUT2D eigenvalue weighted by atomic mass is 32.2. The SMILES string of the molecule is Cc1cc(=O)[nH]c(S[C@@H](C)C(=O)NCc2ccc3c(c2)CCCO3)n1. The van der Waals surface area contributed by atoms with E-state index in [4.69, 9.17) is 4.74 Å². The van der Waals surface area contributed by atoms with Crippen molar-refractivity contribution in [3.63, 3.8) is 0 Å². The Balaban J connectivity index is 1.57. The first-order valence-corrected chi connectivity index (χ1v) is 9.16. The molecule has 1 amide bonds. The van der Waals surface area contributed by atoms with Crippen LogP contribution in [0.15, 0.2) is 34.2 Å². The maximum absolute atomic E-state index is 12.3. The van der Waals surface area contributed by atoms with Crippen LogP contribution >= 0.6 is 11.8 Å². The number of hydrogen-bond donors (Lipinski definition) is 2. The number of aryl methyl sites for hydroxylation is 2. The number of aromatic amines is 1. The summed E-state index contributed by atoms with van der Waals surface area (Å²) in [4.78, 5) is 30.7. The standard InChI is InChI=1S/C18H21N3O3S/c1-11-8-16(22)21-18(20-11)25-12(2)17(23)19-10-13-5-6-15-14(9-13)4-3-7-24-15/h5-6,8-9,12H,3-4,7,10H2,1-2H3,(H,19,23)(H,20,21,22)/t12-/m0/s1. The van der Waals surface area contributed by atoms with Crippen molar-refractivity contribution in [2.75, 3.05) is 6.61 Å². The fourth-order valence-electron chi connectivity index (χ4n) is 2.68. The van der Waals surface area contributed by atoms with E-state index in [0.717, 1.165) is 30.8 Å². The first-order valence-electron chi connectivity index (χ1n) is 8.28. The van der Waals surface area contributed by atoms with Crippen LogP contribution in [-0.4, -0.2) is 27.7 Å². The van der Waals surface area contributed by atoms with Gasteiger partial charge in [0.25, 0.3) is 5.56 Å². The zero-order valence-electron chi connectivity index (χ0n) is 14.3. The summed E-state index contributed by atoms with van der Waals surface area (Å²) in [6.07, 6.45) is 2.04. The Morgan fingerprint density at radius 1 is 1.44 bits per heavy atom. The number of rotatable bonds is 5. The second-order valence-corrected chi connectivity index (χ2v) is 7.39. The van der Waals surface area contributed by atoms with Crippen LogP contribution in [0.25, 0.3) is 0 Å². The molecule has 0 spiro atoms. The molecule has 6 nitrogen and oxygen atoms in total. The molecule has 25 heavy (non-hydrogen) atoms. The second kappa shape index (κ2) is 7.74. The number of hydrogen-bond acceptors (Lipinski definition) is 5. The molecular formula is C18H21N3O3S. The van der Waals surface area contributed by atoms with Crippen molar-refractivity contribution in [2.45, 2.75) is 43.6 Å². The number of fused-ring (bicyclic) bond motifs is 1. The van der Waals surface area contributed by atoms with Gasteiger partial charge in [0.1, 0.15) is 5.75 Å². The monoisotopic (exact) mass is 359 g/mol. The van der Waals surface area contributed by atoms with Crippen LogP contribution < -0.4 is 15.6 Å². The minimum Gasteiger partial charge on any atom is -0.493 e. The number of carbonyl (C=O) groups excluding carboxylic acids is 1. The van der Waals surface area contributed by atoms with E-state index < -0.39 is 0 Å². The highest BCUT2D eigenvalue weighted by Gasteiger charge is 2.16. The van der Waals surface area contributed by atoms with Gasteiger partial charge in [0.05, 0.1) is 11.9 Å². The van der Waals surface area contributed by atoms with E-state index in [1.165, 1.54) is 23.4 Å². The number of H-pyrrole nitrogens is 1. The Labute approximate surface area is 150 Å². The maximum Gasteiger partial charge on any atom is 0.251 e. The number of nitrogens with one attached hydrogen (secondary N) is 2. The van der Waals surface area contributed by atoms with Crippen molar-refractivity contribution in [1.82, 2.24) is 15.3 Å². The van der Waals surface area contributed by atoms with Gasteiger partial charge >= 0.3 is 0 Å². The van der Waals surface area contributed by atoms with E-state index in [-0.39, 0.29) is 16.7 Å². The van der Waals surface area contributed by atoms with Crippen LogP contribution in [0.2, 0.25) is 0 Å². The second-order valence-electron chi connectivity index (χ2n) is 6.06. The Morgan fingerprint density at radius 3 is 3.08 bits per heavy atom. The van der Waals surface area contributed by atoms with Crippen LogP contribution in [0.4, 0.5) is 0 Å². The van der Waals surface area contributed by atoms with Crippen molar-refractivity contribution in [1.29, 1.82) is 0 Å². The quantitative estimate of drug-likeness (QED) is 0.632. The van der Waals surface area contributed by atoms with E-state index >= 15 is 0 Å². The molecule has 1 aromatic carbocycles. The Hall–Kier alpha value is -2.28. The van der Waals surface area contributed by atoms with Gasteiger partial charge in [-0.3, -0.25) is 9.59 Å². The lowest BCUT2D eigenvalue weighted by Gasteiger charge is -2.18. The fraction of sp³-hybridized carbons (Fsp3) is 0.389. The summed E-state index contributed by atoms with van der Waals surface area (Å²) < 4.78 is 5.60. The number of benzene rings is 1. The Bertz CT molecular complexity index is 835. The first-order chi connectivity index (χ1) is 12.0. The molecule has 0 saturated carbocycles. The molecule has 132 valence electrons. The Morgan fingerprint density at radius 2 is 2.28 bits per heavy atom. The number of ether oxygens (including phenoxy) is 1. The predicted octanol–water partition coefficient (Wildman–Crippen LogP) is 2.20. The van der Waals surface area contributed by atoms with Crippen LogP contribution in [-0.2, 0) is 17.8 Å². The smallest absolute Gasteiger partial charge is 0.251 e. The molecule has 1 aliphatic rings. The summed E-state index contributed by atoms with van der Waals surface area (Å²) in [6.45, 7) is 4.79. The summed E-state index contributed by atoms with van der Waals surface area (Å²) in [5.74, 6) is 0.850. The fourth-order valence-corrected chi connectivity index (χ4v) is 3.57. The summed E-state index contributed by atoms with van der Waals surface area (Å²) in [6, 6.07) is 7.46. The minimum atomic E-state index is -0.356. The minimum absolute atomic E-state index is 0.0943.